The molecule has 1 aromatic carbocycles. The predicted molar refractivity (Wildman–Crippen MR) is 57.0 cm³/mol. The van der Waals surface area contributed by atoms with Crippen LogP contribution in [0.15, 0.2) is 24.3 Å². The van der Waals surface area contributed by atoms with E-state index in [1.54, 1.807) is 0 Å². The highest BCUT2D eigenvalue weighted by Gasteiger charge is 2.28. The van der Waals surface area contributed by atoms with Gasteiger partial charge in [0.1, 0.15) is 0 Å². The Bertz CT molecular complexity index is 345. The molecule has 3 nitrogen and oxygen atoms in total. The van der Waals surface area contributed by atoms with E-state index in [1.165, 1.54) is 0 Å². The standard InChI is InChI=1S/C11H14N2O/c1-8-2-7-11(14)13(8)10-5-3-9(12)4-6-10/h3-6,8H,2,7,12H2,1H3. The highest BCUT2D eigenvalue weighted by Crippen LogP contribution is 2.26. The molecular weight excluding hydrogens is 176 g/mol. The summed E-state index contributed by atoms with van der Waals surface area (Å²) in [4.78, 5) is 13.4. The van der Waals surface area contributed by atoms with Gasteiger partial charge in [0.2, 0.25) is 5.91 Å². The second-order valence-corrected chi connectivity index (χ2v) is 3.74. The normalized spacial score (nSPS) is 21.6. The summed E-state index contributed by atoms with van der Waals surface area (Å²) in [6.07, 6.45) is 1.61. The van der Waals surface area contributed by atoms with Crippen LogP contribution in [0.4, 0.5) is 11.4 Å². The van der Waals surface area contributed by atoms with Crippen molar-refractivity contribution in [2.24, 2.45) is 0 Å². The molecule has 1 aromatic rings. The number of nitrogens with zero attached hydrogens (tertiary/aromatic N) is 1. The molecule has 1 aliphatic heterocycles. The van der Waals surface area contributed by atoms with Gasteiger partial charge in [-0.25, -0.2) is 0 Å². The van der Waals surface area contributed by atoms with Gasteiger partial charge in [-0.3, -0.25) is 4.79 Å². The van der Waals surface area contributed by atoms with Crippen molar-refractivity contribution in [3.8, 4) is 0 Å². The molecule has 14 heavy (non-hydrogen) atoms. The fourth-order valence-corrected chi connectivity index (χ4v) is 1.86. The van der Waals surface area contributed by atoms with Gasteiger partial charge in [0.25, 0.3) is 0 Å². The van der Waals surface area contributed by atoms with E-state index in [-0.39, 0.29) is 5.91 Å². The summed E-state index contributed by atoms with van der Waals surface area (Å²) in [5, 5.41) is 0. The molecule has 3 heteroatoms. The third-order valence-electron chi connectivity index (χ3n) is 2.66. The third kappa shape index (κ3) is 1.45. The van der Waals surface area contributed by atoms with E-state index in [4.69, 9.17) is 5.73 Å². The molecule has 2 rings (SSSR count). The first kappa shape index (κ1) is 9.06. The lowest BCUT2D eigenvalue weighted by Gasteiger charge is -2.21. The zero-order chi connectivity index (χ0) is 10.1. The van der Waals surface area contributed by atoms with Crippen LogP contribution in [-0.4, -0.2) is 11.9 Å². The van der Waals surface area contributed by atoms with E-state index in [9.17, 15) is 4.79 Å². The van der Waals surface area contributed by atoms with Crippen LogP contribution in [0.25, 0.3) is 0 Å². The molecule has 0 saturated carbocycles. The van der Waals surface area contributed by atoms with Crippen molar-refractivity contribution in [2.45, 2.75) is 25.8 Å². The molecule has 1 aliphatic rings. The molecule has 0 aliphatic carbocycles. The van der Waals surface area contributed by atoms with E-state index in [1.807, 2.05) is 29.2 Å². The number of benzene rings is 1. The highest BCUT2D eigenvalue weighted by molar-refractivity contribution is 5.96. The summed E-state index contributed by atoms with van der Waals surface area (Å²) in [6.45, 7) is 2.07. The van der Waals surface area contributed by atoms with Gasteiger partial charge >= 0.3 is 0 Å². The fraction of sp³-hybridized carbons (Fsp3) is 0.364. The minimum Gasteiger partial charge on any atom is -0.399 e. The van der Waals surface area contributed by atoms with Crippen molar-refractivity contribution in [1.29, 1.82) is 0 Å². The predicted octanol–water partition coefficient (Wildman–Crippen LogP) is 1.78. The van der Waals surface area contributed by atoms with Gasteiger partial charge in [0.15, 0.2) is 0 Å². The Morgan fingerprint density at radius 3 is 2.50 bits per heavy atom. The second-order valence-electron chi connectivity index (χ2n) is 3.74. The Kier molecular flexibility index (Phi) is 2.15. The first-order valence-corrected chi connectivity index (χ1v) is 4.86. The van der Waals surface area contributed by atoms with E-state index in [0.29, 0.717) is 12.5 Å². The average molecular weight is 190 g/mol. The van der Waals surface area contributed by atoms with Crippen LogP contribution in [-0.2, 0) is 4.79 Å². The van der Waals surface area contributed by atoms with Crippen molar-refractivity contribution >= 4 is 17.3 Å². The molecule has 1 heterocycles. The van der Waals surface area contributed by atoms with Crippen molar-refractivity contribution in [2.75, 3.05) is 10.6 Å². The monoisotopic (exact) mass is 190 g/mol. The van der Waals surface area contributed by atoms with Crippen LogP contribution < -0.4 is 10.6 Å². The molecule has 2 N–H and O–H groups in total. The van der Waals surface area contributed by atoms with E-state index in [2.05, 4.69) is 6.92 Å². The molecule has 74 valence electrons. The first-order chi connectivity index (χ1) is 6.68. The average Bonchev–Trinajstić information content (AvgIpc) is 2.49. The summed E-state index contributed by atoms with van der Waals surface area (Å²) in [7, 11) is 0. The number of anilines is 2. The van der Waals surface area contributed by atoms with E-state index >= 15 is 0 Å². The maximum Gasteiger partial charge on any atom is 0.227 e. The molecule has 1 saturated heterocycles. The summed E-state index contributed by atoms with van der Waals surface area (Å²) in [6, 6.07) is 7.76. The summed E-state index contributed by atoms with van der Waals surface area (Å²) in [5.74, 6) is 0.210. The summed E-state index contributed by atoms with van der Waals surface area (Å²) in [5.41, 5.74) is 7.27. The Morgan fingerprint density at radius 2 is 2.00 bits per heavy atom. The van der Waals surface area contributed by atoms with Gasteiger partial charge in [-0.1, -0.05) is 0 Å². The van der Waals surface area contributed by atoms with E-state index < -0.39 is 0 Å². The van der Waals surface area contributed by atoms with Gasteiger partial charge in [-0.15, -0.1) is 0 Å². The van der Waals surface area contributed by atoms with Crippen LogP contribution in [0.2, 0.25) is 0 Å². The number of amides is 1. The minimum atomic E-state index is 0.210. The Hall–Kier alpha value is -1.51. The minimum absolute atomic E-state index is 0.210. The van der Waals surface area contributed by atoms with Crippen LogP contribution in [0.3, 0.4) is 0 Å². The lowest BCUT2D eigenvalue weighted by molar-refractivity contribution is -0.117. The maximum absolute atomic E-state index is 11.6. The number of hydrogen-bond donors (Lipinski definition) is 1. The smallest absolute Gasteiger partial charge is 0.227 e. The van der Waals surface area contributed by atoms with Crippen molar-refractivity contribution in [3.05, 3.63) is 24.3 Å². The molecular formula is C11H14N2O. The maximum atomic E-state index is 11.6. The van der Waals surface area contributed by atoms with Crippen LogP contribution >= 0.6 is 0 Å². The number of hydrogen-bond acceptors (Lipinski definition) is 2. The van der Waals surface area contributed by atoms with Gasteiger partial charge in [-0.05, 0) is 37.6 Å². The molecule has 0 spiro atoms. The number of carbonyl (C=O) groups excluding carboxylic acids is 1. The molecule has 1 unspecified atom stereocenters. The van der Waals surface area contributed by atoms with Crippen LogP contribution in [0.5, 0.6) is 0 Å². The number of nitrogen functional groups attached to an aromatic ring is 1. The molecule has 0 radical (unpaired) electrons. The Balaban J connectivity index is 2.30. The zero-order valence-corrected chi connectivity index (χ0v) is 8.23. The Morgan fingerprint density at radius 1 is 1.36 bits per heavy atom. The summed E-state index contributed by atoms with van der Waals surface area (Å²) >= 11 is 0. The van der Waals surface area contributed by atoms with Gasteiger partial charge in [0.05, 0.1) is 0 Å². The van der Waals surface area contributed by atoms with Gasteiger partial charge < -0.3 is 10.6 Å². The first-order valence-electron chi connectivity index (χ1n) is 4.86. The SMILES string of the molecule is CC1CCC(=O)N1c1ccc(N)cc1. The second kappa shape index (κ2) is 3.33. The fourth-order valence-electron chi connectivity index (χ4n) is 1.86. The number of nitrogens with two attached hydrogens (primary N) is 1. The van der Waals surface area contributed by atoms with Crippen molar-refractivity contribution < 1.29 is 4.79 Å². The molecule has 1 atom stereocenters. The number of carbonyl (C=O) groups is 1. The molecule has 0 bridgehead atoms. The Labute approximate surface area is 83.5 Å². The topological polar surface area (TPSA) is 46.3 Å². The molecule has 0 aromatic heterocycles. The highest BCUT2D eigenvalue weighted by atomic mass is 16.2. The van der Waals surface area contributed by atoms with Crippen molar-refractivity contribution in [3.63, 3.8) is 0 Å². The quantitative estimate of drug-likeness (QED) is 0.686. The lowest BCUT2D eigenvalue weighted by Crippen LogP contribution is -2.30. The zero-order valence-electron chi connectivity index (χ0n) is 8.23. The largest absolute Gasteiger partial charge is 0.399 e. The third-order valence-corrected chi connectivity index (χ3v) is 2.66. The molecule has 1 amide bonds. The lowest BCUT2D eigenvalue weighted by atomic mass is 10.2. The van der Waals surface area contributed by atoms with Crippen LogP contribution in [0.1, 0.15) is 19.8 Å². The summed E-state index contributed by atoms with van der Waals surface area (Å²) < 4.78 is 0. The van der Waals surface area contributed by atoms with Gasteiger partial charge in [0, 0.05) is 23.8 Å². The molecule has 1 fully saturated rings. The van der Waals surface area contributed by atoms with Gasteiger partial charge in [-0.2, -0.15) is 0 Å². The van der Waals surface area contributed by atoms with Crippen molar-refractivity contribution in [1.82, 2.24) is 0 Å². The number of rotatable bonds is 1. The van der Waals surface area contributed by atoms with Crippen LogP contribution in [0, 0.1) is 0 Å². The van der Waals surface area contributed by atoms with E-state index in [0.717, 1.165) is 17.8 Å².